The average Bonchev–Trinajstić information content (AvgIpc) is 2.96. The highest BCUT2D eigenvalue weighted by Gasteiger charge is 2.27. The number of carbonyl (C=O) groups excluding carboxylic acids is 1. The number of anilines is 3. The number of benzene rings is 3. The average molecular weight is 545 g/mol. The van der Waals surface area contributed by atoms with Crippen molar-refractivity contribution in [2.45, 2.75) is 32.9 Å². The molecule has 208 valence electrons. The topological polar surface area (TPSA) is 73.4 Å². The summed E-state index contributed by atoms with van der Waals surface area (Å²) in [7, 11) is 3.83. The number of nitrogens with zero attached hydrogens (tertiary/aromatic N) is 4. The minimum absolute atomic E-state index is 0.00364. The second-order valence-electron chi connectivity index (χ2n) is 10.5. The fourth-order valence-electron chi connectivity index (χ4n) is 4.95. The Morgan fingerprint density at radius 2 is 1.68 bits per heavy atom. The van der Waals surface area contributed by atoms with E-state index in [-0.39, 0.29) is 18.4 Å². The maximum absolute atomic E-state index is 13.9. The van der Waals surface area contributed by atoms with Crippen molar-refractivity contribution >= 4 is 34.3 Å². The van der Waals surface area contributed by atoms with Crippen molar-refractivity contribution in [3.63, 3.8) is 0 Å². The van der Waals surface area contributed by atoms with Gasteiger partial charge in [0, 0.05) is 37.6 Å². The van der Waals surface area contributed by atoms with E-state index in [0.29, 0.717) is 18.1 Å². The molecule has 1 aliphatic heterocycles. The van der Waals surface area contributed by atoms with Crippen LogP contribution < -0.4 is 20.4 Å². The van der Waals surface area contributed by atoms with E-state index in [4.69, 9.17) is 4.98 Å². The minimum atomic E-state index is -0.919. The number of amides is 1. The van der Waals surface area contributed by atoms with Gasteiger partial charge < -0.3 is 20.4 Å². The quantitative estimate of drug-likeness (QED) is 0.308. The van der Waals surface area contributed by atoms with Crippen LogP contribution in [0.5, 0.6) is 0 Å². The number of rotatable bonds is 8. The summed E-state index contributed by atoms with van der Waals surface area (Å²) in [5, 5.41) is 7.68. The van der Waals surface area contributed by atoms with Crippen LogP contribution in [0.15, 0.2) is 60.7 Å². The van der Waals surface area contributed by atoms with Gasteiger partial charge in [-0.05, 0) is 85.9 Å². The first-order chi connectivity index (χ1) is 19.3. The Morgan fingerprint density at radius 3 is 2.38 bits per heavy atom. The molecule has 1 amide bonds. The van der Waals surface area contributed by atoms with E-state index in [9.17, 15) is 13.6 Å². The molecule has 5 rings (SSSR count). The van der Waals surface area contributed by atoms with Gasteiger partial charge in [0.2, 0.25) is 11.9 Å². The van der Waals surface area contributed by atoms with E-state index in [0.717, 1.165) is 71.6 Å². The summed E-state index contributed by atoms with van der Waals surface area (Å²) in [5.74, 6) is -0.567. The standard InChI is InChI=1S/C31H34F2N6O/c1-20-4-10-25-28(16-20)36-31(38(2)3)37-29(25)35-18-21-5-8-24(9-6-21)39(30(40)23-12-14-34-15-13-23)19-22-7-11-26(32)27(33)17-22/h4-11,16-17,23,34H,12-15,18-19H2,1-3H3,(H,35,36,37). The first kappa shape index (κ1) is 27.5. The highest BCUT2D eigenvalue weighted by molar-refractivity contribution is 5.95. The van der Waals surface area contributed by atoms with Gasteiger partial charge >= 0.3 is 0 Å². The lowest BCUT2D eigenvalue weighted by Crippen LogP contribution is -2.41. The van der Waals surface area contributed by atoms with Gasteiger partial charge in [0.25, 0.3) is 0 Å². The molecule has 0 saturated carbocycles. The van der Waals surface area contributed by atoms with Crippen molar-refractivity contribution in [1.29, 1.82) is 0 Å². The van der Waals surface area contributed by atoms with Gasteiger partial charge in [0.05, 0.1) is 12.1 Å². The molecule has 40 heavy (non-hydrogen) atoms. The van der Waals surface area contributed by atoms with Crippen molar-refractivity contribution in [2.75, 3.05) is 42.3 Å². The van der Waals surface area contributed by atoms with Gasteiger partial charge in [-0.25, -0.2) is 13.8 Å². The van der Waals surface area contributed by atoms with Gasteiger partial charge in [0.1, 0.15) is 5.82 Å². The lowest BCUT2D eigenvalue weighted by molar-refractivity contribution is -0.123. The minimum Gasteiger partial charge on any atom is -0.365 e. The highest BCUT2D eigenvalue weighted by atomic mass is 19.2. The van der Waals surface area contributed by atoms with E-state index in [1.807, 2.05) is 68.4 Å². The number of hydrogen-bond donors (Lipinski definition) is 2. The van der Waals surface area contributed by atoms with Crippen LogP contribution in [0.3, 0.4) is 0 Å². The van der Waals surface area contributed by atoms with Crippen LogP contribution in [0.2, 0.25) is 0 Å². The first-order valence-electron chi connectivity index (χ1n) is 13.5. The molecule has 0 bridgehead atoms. The predicted octanol–water partition coefficient (Wildman–Crippen LogP) is 5.43. The SMILES string of the molecule is Cc1ccc2c(NCc3ccc(N(Cc4ccc(F)c(F)c4)C(=O)C4CCNCC4)cc3)nc(N(C)C)nc2c1. The van der Waals surface area contributed by atoms with Gasteiger partial charge in [-0.2, -0.15) is 4.98 Å². The van der Waals surface area contributed by atoms with Gasteiger partial charge in [-0.1, -0.05) is 24.3 Å². The third-order valence-electron chi connectivity index (χ3n) is 7.23. The molecule has 2 heterocycles. The fourth-order valence-corrected chi connectivity index (χ4v) is 4.95. The second kappa shape index (κ2) is 12.0. The molecule has 0 spiro atoms. The Bertz CT molecular complexity index is 1500. The van der Waals surface area contributed by atoms with E-state index < -0.39 is 11.6 Å². The molecule has 4 aromatic rings. The van der Waals surface area contributed by atoms with Crippen LogP contribution >= 0.6 is 0 Å². The molecule has 1 saturated heterocycles. The maximum atomic E-state index is 13.9. The number of carbonyl (C=O) groups is 1. The first-order valence-corrected chi connectivity index (χ1v) is 13.5. The van der Waals surface area contributed by atoms with Gasteiger partial charge in [-0.3, -0.25) is 4.79 Å². The molecule has 0 radical (unpaired) electrons. The van der Waals surface area contributed by atoms with E-state index in [1.165, 1.54) is 6.07 Å². The van der Waals surface area contributed by atoms with Crippen LogP contribution in [0, 0.1) is 24.5 Å². The number of aromatic nitrogens is 2. The van der Waals surface area contributed by atoms with Crippen molar-refractivity contribution in [3.05, 3.63) is 89.0 Å². The Balaban J connectivity index is 1.37. The second-order valence-corrected chi connectivity index (χ2v) is 10.5. The zero-order chi connectivity index (χ0) is 28.2. The molecule has 1 aromatic heterocycles. The normalized spacial score (nSPS) is 13.8. The number of aryl methyl sites for hydroxylation is 1. The lowest BCUT2D eigenvalue weighted by Gasteiger charge is -2.30. The molecule has 3 aromatic carbocycles. The van der Waals surface area contributed by atoms with Crippen LogP contribution in [-0.2, 0) is 17.9 Å². The fraction of sp³-hybridized carbons (Fsp3) is 0.323. The van der Waals surface area contributed by atoms with Crippen LogP contribution in [0.1, 0.15) is 29.5 Å². The van der Waals surface area contributed by atoms with Crippen LogP contribution in [0.4, 0.5) is 26.2 Å². The Kier molecular flexibility index (Phi) is 8.21. The molecule has 0 atom stereocenters. The Labute approximate surface area is 233 Å². The summed E-state index contributed by atoms with van der Waals surface area (Å²) >= 11 is 0. The predicted molar refractivity (Wildman–Crippen MR) is 156 cm³/mol. The maximum Gasteiger partial charge on any atom is 0.230 e. The highest BCUT2D eigenvalue weighted by Crippen LogP contribution is 2.27. The Morgan fingerprint density at radius 1 is 0.950 bits per heavy atom. The van der Waals surface area contributed by atoms with Gasteiger partial charge in [-0.15, -0.1) is 0 Å². The molecule has 7 nitrogen and oxygen atoms in total. The monoisotopic (exact) mass is 544 g/mol. The van der Waals surface area contributed by atoms with E-state index in [1.54, 1.807) is 4.90 Å². The molecule has 1 aliphatic rings. The number of halogens is 2. The Hall–Kier alpha value is -4.11. The summed E-state index contributed by atoms with van der Waals surface area (Å²) < 4.78 is 27.5. The molecule has 1 fully saturated rings. The number of fused-ring (bicyclic) bond motifs is 1. The van der Waals surface area contributed by atoms with E-state index in [2.05, 4.69) is 15.6 Å². The zero-order valence-electron chi connectivity index (χ0n) is 23.0. The summed E-state index contributed by atoms with van der Waals surface area (Å²) in [6, 6.07) is 17.6. The van der Waals surface area contributed by atoms with Crippen molar-refractivity contribution < 1.29 is 13.6 Å². The molecule has 0 aliphatic carbocycles. The van der Waals surface area contributed by atoms with Gasteiger partial charge in [0.15, 0.2) is 11.6 Å². The summed E-state index contributed by atoms with van der Waals surface area (Å²) in [5.41, 5.74) is 4.27. The smallest absolute Gasteiger partial charge is 0.230 e. The number of hydrogen-bond acceptors (Lipinski definition) is 6. The summed E-state index contributed by atoms with van der Waals surface area (Å²) in [6.45, 7) is 4.30. The van der Waals surface area contributed by atoms with Crippen molar-refractivity contribution in [3.8, 4) is 0 Å². The van der Waals surface area contributed by atoms with Crippen LogP contribution in [-0.4, -0.2) is 43.1 Å². The summed E-state index contributed by atoms with van der Waals surface area (Å²) in [4.78, 5) is 26.5. The van der Waals surface area contributed by atoms with Crippen molar-refractivity contribution in [2.24, 2.45) is 5.92 Å². The number of piperidine rings is 1. The lowest BCUT2D eigenvalue weighted by atomic mass is 9.96. The molecule has 9 heteroatoms. The molecule has 2 N–H and O–H groups in total. The molecule has 0 unspecified atom stereocenters. The molecular weight excluding hydrogens is 510 g/mol. The van der Waals surface area contributed by atoms with E-state index >= 15 is 0 Å². The number of nitrogens with one attached hydrogen (secondary N) is 2. The third-order valence-corrected chi connectivity index (χ3v) is 7.23. The molecular formula is C31H34F2N6O. The third kappa shape index (κ3) is 6.20. The largest absolute Gasteiger partial charge is 0.365 e. The zero-order valence-corrected chi connectivity index (χ0v) is 23.0. The van der Waals surface area contributed by atoms with Crippen LogP contribution in [0.25, 0.3) is 10.9 Å². The summed E-state index contributed by atoms with van der Waals surface area (Å²) in [6.07, 6.45) is 1.49. The van der Waals surface area contributed by atoms with Crippen molar-refractivity contribution in [1.82, 2.24) is 15.3 Å².